The summed E-state index contributed by atoms with van der Waals surface area (Å²) in [7, 11) is 1.65. The summed E-state index contributed by atoms with van der Waals surface area (Å²) >= 11 is 0. The van der Waals surface area contributed by atoms with E-state index in [4.69, 9.17) is 4.74 Å². The number of urea groups is 1. The van der Waals surface area contributed by atoms with Gasteiger partial charge in [-0.25, -0.2) is 4.79 Å². The van der Waals surface area contributed by atoms with Crippen molar-refractivity contribution in [3.8, 4) is 5.75 Å². The zero-order valence-electron chi connectivity index (χ0n) is 11.8. The van der Waals surface area contributed by atoms with Gasteiger partial charge in [0, 0.05) is 12.1 Å². The molecule has 0 saturated heterocycles. The summed E-state index contributed by atoms with van der Waals surface area (Å²) in [5, 5.41) is 5.68. The summed E-state index contributed by atoms with van der Waals surface area (Å²) in [6, 6.07) is 5.71. The Morgan fingerprint density at radius 2 is 2.00 bits per heavy atom. The Balaban J connectivity index is 2.54. The van der Waals surface area contributed by atoms with Gasteiger partial charge < -0.3 is 15.4 Å². The van der Waals surface area contributed by atoms with E-state index in [1.807, 2.05) is 45.9 Å². The number of rotatable bonds is 3. The van der Waals surface area contributed by atoms with Crippen molar-refractivity contribution < 1.29 is 9.53 Å². The quantitative estimate of drug-likeness (QED) is 0.866. The van der Waals surface area contributed by atoms with Crippen LogP contribution in [0.25, 0.3) is 0 Å². The first kappa shape index (κ1) is 14.4. The standard InChI is InChI=1S/C14H22N2O2/c1-10-8-11(6-7-12(10)18-5)9-15-13(17)16-14(2,3)4/h6-8H,9H2,1-5H3,(H2,15,16,17). The second kappa shape index (κ2) is 5.76. The van der Waals surface area contributed by atoms with Gasteiger partial charge in [0.1, 0.15) is 5.75 Å². The summed E-state index contributed by atoms with van der Waals surface area (Å²) in [4.78, 5) is 11.6. The summed E-state index contributed by atoms with van der Waals surface area (Å²) < 4.78 is 5.19. The van der Waals surface area contributed by atoms with Crippen molar-refractivity contribution in [2.24, 2.45) is 0 Å². The molecule has 0 aromatic heterocycles. The highest BCUT2D eigenvalue weighted by Crippen LogP contribution is 2.18. The van der Waals surface area contributed by atoms with Gasteiger partial charge in [-0.15, -0.1) is 0 Å². The van der Waals surface area contributed by atoms with Crippen molar-refractivity contribution in [2.75, 3.05) is 7.11 Å². The third-order valence-electron chi connectivity index (χ3n) is 2.40. The SMILES string of the molecule is COc1ccc(CNC(=O)NC(C)(C)C)cc1C. The fraction of sp³-hybridized carbons (Fsp3) is 0.500. The zero-order chi connectivity index (χ0) is 13.8. The van der Waals surface area contributed by atoms with Crippen LogP contribution in [0.3, 0.4) is 0 Å². The van der Waals surface area contributed by atoms with Crippen LogP contribution in [0.1, 0.15) is 31.9 Å². The molecule has 0 saturated carbocycles. The van der Waals surface area contributed by atoms with Gasteiger partial charge >= 0.3 is 6.03 Å². The monoisotopic (exact) mass is 250 g/mol. The summed E-state index contributed by atoms with van der Waals surface area (Å²) in [6.45, 7) is 8.34. The largest absolute Gasteiger partial charge is 0.496 e. The number of ether oxygens (including phenoxy) is 1. The minimum atomic E-state index is -0.222. The van der Waals surface area contributed by atoms with Crippen molar-refractivity contribution in [3.63, 3.8) is 0 Å². The molecule has 0 spiro atoms. The lowest BCUT2D eigenvalue weighted by Crippen LogP contribution is -2.46. The van der Waals surface area contributed by atoms with E-state index in [2.05, 4.69) is 10.6 Å². The Morgan fingerprint density at radius 3 is 2.50 bits per heavy atom. The van der Waals surface area contributed by atoms with Gasteiger partial charge in [0.2, 0.25) is 0 Å². The molecular weight excluding hydrogens is 228 g/mol. The van der Waals surface area contributed by atoms with Crippen LogP contribution < -0.4 is 15.4 Å². The molecule has 0 radical (unpaired) electrons. The third-order valence-corrected chi connectivity index (χ3v) is 2.40. The van der Waals surface area contributed by atoms with Crippen molar-refractivity contribution in [1.29, 1.82) is 0 Å². The van der Waals surface area contributed by atoms with Crippen LogP contribution in [0, 0.1) is 6.92 Å². The van der Waals surface area contributed by atoms with E-state index in [0.717, 1.165) is 16.9 Å². The molecule has 1 aromatic carbocycles. The van der Waals surface area contributed by atoms with E-state index >= 15 is 0 Å². The molecule has 0 heterocycles. The minimum absolute atomic E-state index is 0.157. The highest BCUT2D eigenvalue weighted by molar-refractivity contribution is 5.74. The first-order chi connectivity index (χ1) is 8.31. The normalized spacial score (nSPS) is 10.9. The average molecular weight is 250 g/mol. The number of amides is 2. The second-order valence-electron chi connectivity index (χ2n) is 5.36. The maximum atomic E-state index is 11.6. The highest BCUT2D eigenvalue weighted by atomic mass is 16.5. The molecule has 0 aliphatic carbocycles. The molecule has 0 aliphatic heterocycles. The van der Waals surface area contributed by atoms with E-state index in [1.165, 1.54) is 0 Å². The van der Waals surface area contributed by atoms with Gasteiger partial charge in [0.05, 0.1) is 7.11 Å². The van der Waals surface area contributed by atoms with Crippen LogP contribution in [0.5, 0.6) is 5.75 Å². The fourth-order valence-electron chi connectivity index (χ4n) is 1.62. The number of carbonyl (C=O) groups excluding carboxylic acids is 1. The number of hydrogen-bond acceptors (Lipinski definition) is 2. The lowest BCUT2D eigenvalue weighted by atomic mass is 10.1. The highest BCUT2D eigenvalue weighted by Gasteiger charge is 2.12. The van der Waals surface area contributed by atoms with E-state index in [1.54, 1.807) is 7.11 Å². The van der Waals surface area contributed by atoms with Crippen LogP contribution in [0.15, 0.2) is 18.2 Å². The lowest BCUT2D eigenvalue weighted by Gasteiger charge is -2.20. The van der Waals surface area contributed by atoms with Crippen molar-refractivity contribution in [1.82, 2.24) is 10.6 Å². The van der Waals surface area contributed by atoms with E-state index in [0.29, 0.717) is 6.54 Å². The minimum Gasteiger partial charge on any atom is -0.496 e. The van der Waals surface area contributed by atoms with Crippen LogP contribution in [0.4, 0.5) is 4.79 Å². The Bertz CT molecular complexity index is 422. The van der Waals surface area contributed by atoms with E-state index in [9.17, 15) is 4.79 Å². The van der Waals surface area contributed by atoms with Crippen molar-refractivity contribution in [2.45, 2.75) is 39.8 Å². The summed E-state index contributed by atoms with van der Waals surface area (Å²) in [5.41, 5.74) is 1.89. The Labute approximate surface area is 109 Å². The fourth-order valence-corrected chi connectivity index (χ4v) is 1.62. The van der Waals surface area contributed by atoms with Gasteiger partial charge in [0.15, 0.2) is 0 Å². The molecule has 4 nitrogen and oxygen atoms in total. The maximum Gasteiger partial charge on any atom is 0.315 e. The molecule has 0 unspecified atom stereocenters. The Kier molecular flexibility index (Phi) is 4.59. The van der Waals surface area contributed by atoms with Gasteiger partial charge in [0.25, 0.3) is 0 Å². The molecular formula is C14H22N2O2. The van der Waals surface area contributed by atoms with Crippen LogP contribution in [-0.2, 0) is 6.54 Å². The number of carbonyl (C=O) groups is 1. The second-order valence-corrected chi connectivity index (χ2v) is 5.36. The van der Waals surface area contributed by atoms with Gasteiger partial charge in [-0.1, -0.05) is 12.1 Å². The molecule has 4 heteroatoms. The molecule has 0 atom stereocenters. The average Bonchev–Trinajstić information content (AvgIpc) is 2.24. The molecule has 1 aromatic rings. The van der Waals surface area contributed by atoms with Gasteiger partial charge in [-0.2, -0.15) is 0 Å². The predicted octanol–water partition coefficient (Wildman–Crippen LogP) is 2.60. The lowest BCUT2D eigenvalue weighted by molar-refractivity contribution is 0.231. The smallest absolute Gasteiger partial charge is 0.315 e. The molecule has 18 heavy (non-hydrogen) atoms. The number of hydrogen-bond donors (Lipinski definition) is 2. The molecule has 2 amide bonds. The molecule has 0 fully saturated rings. The van der Waals surface area contributed by atoms with Gasteiger partial charge in [-0.3, -0.25) is 0 Å². The molecule has 2 N–H and O–H groups in total. The molecule has 1 rings (SSSR count). The molecule has 100 valence electrons. The van der Waals surface area contributed by atoms with Crippen LogP contribution in [0.2, 0.25) is 0 Å². The van der Waals surface area contributed by atoms with Crippen LogP contribution >= 0.6 is 0 Å². The van der Waals surface area contributed by atoms with Crippen LogP contribution in [-0.4, -0.2) is 18.7 Å². The summed E-state index contributed by atoms with van der Waals surface area (Å²) in [6.07, 6.45) is 0. The maximum absolute atomic E-state index is 11.6. The Hall–Kier alpha value is -1.71. The van der Waals surface area contributed by atoms with Crippen molar-refractivity contribution >= 4 is 6.03 Å². The topological polar surface area (TPSA) is 50.4 Å². The van der Waals surface area contributed by atoms with E-state index < -0.39 is 0 Å². The zero-order valence-corrected chi connectivity index (χ0v) is 11.8. The number of benzene rings is 1. The van der Waals surface area contributed by atoms with E-state index in [-0.39, 0.29) is 11.6 Å². The third kappa shape index (κ3) is 4.65. The predicted molar refractivity (Wildman–Crippen MR) is 72.9 cm³/mol. The number of aryl methyl sites for hydroxylation is 1. The Morgan fingerprint density at radius 1 is 1.33 bits per heavy atom. The molecule has 0 bridgehead atoms. The van der Waals surface area contributed by atoms with Gasteiger partial charge in [-0.05, 0) is 44.9 Å². The number of nitrogens with one attached hydrogen (secondary N) is 2. The first-order valence-corrected chi connectivity index (χ1v) is 6.01. The summed E-state index contributed by atoms with van der Waals surface area (Å²) in [5.74, 6) is 0.859. The van der Waals surface area contributed by atoms with Crippen molar-refractivity contribution in [3.05, 3.63) is 29.3 Å². The molecule has 0 aliphatic rings. The number of methoxy groups -OCH3 is 1. The first-order valence-electron chi connectivity index (χ1n) is 6.01.